The van der Waals surface area contributed by atoms with Gasteiger partial charge in [-0.3, -0.25) is 9.78 Å². The van der Waals surface area contributed by atoms with E-state index >= 15 is 0 Å². The third-order valence-electron chi connectivity index (χ3n) is 3.09. The van der Waals surface area contributed by atoms with Gasteiger partial charge in [0.1, 0.15) is 0 Å². The van der Waals surface area contributed by atoms with Crippen molar-refractivity contribution in [3.8, 4) is 11.1 Å². The van der Waals surface area contributed by atoms with E-state index in [1.165, 1.54) is 0 Å². The van der Waals surface area contributed by atoms with Crippen LogP contribution in [0.3, 0.4) is 0 Å². The molecular formula is C15H12N2O. The van der Waals surface area contributed by atoms with E-state index in [4.69, 9.17) is 0 Å². The summed E-state index contributed by atoms with van der Waals surface area (Å²) in [4.78, 5) is 15.9. The van der Waals surface area contributed by atoms with Crippen LogP contribution in [0.4, 0.5) is 0 Å². The fraction of sp³-hybridized carbons (Fsp3) is 0.0667. The molecule has 0 amide bonds. The van der Waals surface area contributed by atoms with Gasteiger partial charge in [0.2, 0.25) is 0 Å². The van der Waals surface area contributed by atoms with Crippen LogP contribution < -0.4 is 5.56 Å². The smallest absolute Gasteiger partial charge is 0.258 e. The molecule has 0 aliphatic rings. The van der Waals surface area contributed by atoms with Crippen LogP contribution in [0.25, 0.3) is 21.9 Å². The average Bonchev–Trinajstić information content (AvgIpc) is 2.44. The Morgan fingerprint density at radius 3 is 2.56 bits per heavy atom. The molecule has 3 heteroatoms. The number of benzene rings is 1. The molecular weight excluding hydrogens is 224 g/mol. The largest absolute Gasteiger partial charge is 0.318 e. The molecule has 3 rings (SSSR count). The topological polar surface area (TPSA) is 34.9 Å². The van der Waals surface area contributed by atoms with Gasteiger partial charge in [-0.25, -0.2) is 0 Å². The molecule has 0 saturated carbocycles. The Morgan fingerprint density at radius 2 is 1.78 bits per heavy atom. The lowest BCUT2D eigenvalue weighted by atomic mass is 10.0. The first-order chi connectivity index (χ1) is 8.75. The van der Waals surface area contributed by atoms with Crippen molar-refractivity contribution in [1.82, 2.24) is 9.55 Å². The third-order valence-corrected chi connectivity index (χ3v) is 3.09. The van der Waals surface area contributed by atoms with E-state index in [-0.39, 0.29) is 5.56 Å². The summed E-state index contributed by atoms with van der Waals surface area (Å²) in [5, 5.41) is 1.71. The first-order valence-corrected chi connectivity index (χ1v) is 5.75. The minimum absolute atomic E-state index is 0.0359. The Hall–Kier alpha value is -2.42. The van der Waals surface area contributed by atoms with Crippen molar-refractivity contribution >= 4 is 10.8 Å². The quantitative estimate of drug-likeness (QED) is 0.651. The molecule has 0 fully saturated rings. The van der Waals surface area contributed by atoms with Crippen LogP contribution >= 0.6 is 0 Å². The number of fused-ring (bicyclic) bond motifs is 1. The first-order valence-electron chi connectivity index (χ1n) is 5.75. The molecule has 0 radical (unpaired) electrons. The highest BCUT2D eigenvalue weighted by Gasteiger charge is 2.02. The summed E-state index contributed by atoms with van der Waals surface area (Å²) < 4.78 is 1.59. The number of nitrogens with zero attached hydrogens (tertiary/aromatic N) is 2. The highest BCUT2D eigenvalue weighted by Crippen LogP contribution is 2.22. The van der Waals surface area contributed by atoms with Crippen LogP contribution in [0, 0.1) is 0 Å². The second-order valence-electron chi connectivity index (χ2n) is 4.27. The standard InChI is InChI=1S/C15H12N2O/c1-17-9-6-13-10-12(2-3-14(13)15(17)18)11-4-7-16-8-5-11/h2-10H,1H3. The zero-order valence-electron chi connectivity index (χ0n) is 10.00. The summed E-state index contributed by atoms with van der Waals surface area (Å²) in [5.74, 6) is 0. The predicted octanol–water partition coefficient (Wildman–Crippen LogP) is 2.60. The number of rotatable bonds is 1. The van der Waals surface area contributed by atoms with Gasteiger partial charge < -0.3 is 4.57 Å². The normalized spacial score (nSPS) is 10.7. The maximum atomic E-state index is 11.9. The molecule has 3 aromatic rings. The van der Waals surface area contributed by atoms with Crippen molar-refractivity contribution in [2.75, 3.05) is 0 Å². The summed E-state index contributed by atoms with van der Waals surface area (Å²) in [6.07, 6.45) is 5.33. The average molecular weight is 236 g/mol. The van der Waals surface area contributed by atoms with Crippen LogP contribution in [0.2, 0.25) is 0 Å². The monoisotopic (exact) mass is 236 g/mol. The lowest BCUT2D eigenvalue weighted by molar-refractivity contribution is 0.873. The maximum absolute atomic E-state index is 11.9. The highest BCUT2D eigenvalue weighted by molar-refractivity contribution is 5.86. The van der Waals surface area contributed by atoms with Crippen molar-refractivity contribution in [1.29, 1.82) is 0 Å². The molecule has 0 bridgehead atoms. The minimum Gasteiger partial charge on any atom is -0.318 e. The Morgan fingerprint density at radius 1 is 1.00 bits per heavy atom. The van der Waals surface area contributed by atoms with Gasteiger partial charge in [0.05, 0.1) is 0 Å². The van der Waals surface area contributed by atoms with Crippen LogP contribution in [0.1, 0.15) is 0 Å². The fourth-order valence-electron chi connectivity index (χ4n) is 2.07. The van der Waals surface area contributed by atoms with Crippen molar-refractivity contribution in [3.05, 3.63) is 65.3 Å². The molecule has 18 heavy (non-hydrogen) atoms. The van der Waals surface area contributed by atoms with Crippen LogP contribution in [-0.2, 0) is 7.05 Å². The van der Waals surface area contributed by atoms with Gasteiger partial charge in [-0.1, -0.05) is 6.07 Å². The van der Waals surface area contributed by atoms with Gasteiger partial charge in [0.25, 0.3) is 5.56 Å². The SMILES string of the molecule is Cn1ccc2cc(-c3ccncc3)ccc2c1=O. The van der Waals surface area contributed by atoms with Gasteiger partial charge in [0.15, 0.2) is 0 Å². The van der Waals surface area contributed by atoms with Crippen LogP contribution in [0.5, 0.6) is 0 Å². The molecule has 0 aliphatic heterocycles. The number of aryl methyl sites for hydroxylation is 1. The maximum Gasteiger partial charge on any atom is 0.258 e. The van der Waals surface area contributed by atoms with Gasteiger partial charge in [0, 0.05) is 31.0 Å². The van der Waals surface area contributed by atoms with E-state index < -0.39 is 0 Å². The van der Waals surface area contributed by atoms with Gasteiger partial charge >= 0.3 is 0 Å². The van der Waals surface area contributed by atoms with Gasteiger partial charge in [-0.15, -0.1) is 0 Å². The molecule has 3 nitrogen and oxygen atoms in total. The van der Waals surface area contributed by atoms with Crippen molar-refractivity contribution in [2.45, 2.75) is 0 Å². The van der Waals surface area contributed by atoms with Crippen LogP contribution in [-0.4, -0.2) is 9.55 Å². The molecule has 0 atom stereocenters. The Bertz CT molecular complexity index is 760. The summed E-state index contributed by atoms with van der Waals surface area (Å²) in [6, 6.07) is 11.8. The zero-order valence-corrected chi connectivity index (χ0v) is 10.00. The lowest BCUT2D eigenvalue weighted by Crippen LogP contribution is -2.15. The molecule has 1 aromatic carbocycles. The molecule has 88 valence electrons. The second-order valence-corrected chi connectivity index (χ2v) is 4.27. The predicted molar refractivity (Wildman–Crippen MR) is 72.4 cm³/mol. The summed E-state index contributed by atoms with van der Waals surface area (Å²) >= 11 is 0. The summed E-state index contributed by atoms with van der Waals surface area (Å²) in [6.45, 7) is 0. The Balaban J connectivity index is 2.25. The Kier molecular flexibility index (Phi) is 2.45. The van der Waals surface area contributed by atoms with E-state index in [0.717, 1.165) is 21.9 Å². The molecule has 0 aliphatic carbocycles. The van der Waals surface area contributed by atoms with Gasteiger partial charge in [-0.05, 0) is 46.8 Å². The first kappa shape index (κ1) is 10.7. The number of hydrogen-bond acceptors (Lipinski definition) is 2. The molecule has 0 N–H and O–H groups in total. The molecule has 2 aromatic heterocycles. The van der Waals surface area contributed by atoms with Crippen molar-refractivity contribution in [3.63, 3.8) is 0 Å². The summed E-state index contributed by atoms with van der Waals surface area (Å²) in [7, 11) is 1.76. The molecule has 0 spiro atoms. The van der Waals surface area contributed by atoms with E-state index in [9.17, 15) is 4.79 Å². The molecule has 2 heterocycles. The lowest BCUT2D eigenvalue weighted by Gasteiger charge is -2.05. The third kappa shape index (κ3) is 1.70. The van der Waals surface area contributed by atoms with Crippen molar-refractivity contribution in [2.24, 2.45) is 7.05 Å². The number of aromatic nitrogens is 2. The number of pyridine rings is 2. The van der Waals surface area contributed by atoms with E-state index in [1.54, 1.807) is 30.2 Å². The Labute approximate surface area is 104 Å². The number of hydrogen-bond donors (Lipinski definition) is 0. The van der Waals surface area contributed by atoms with E-state index in [0.29, 0.717) is 0 Å². The second kappa shape index (κ2) is 4.11. The summed E-state index contributed by atoms with van der Waals surface area (Å²) in [5.41, 5.74) is 2.24. The van der Waals surface area contributed by atoms with E-state index in [1.807, 2.05) is 36.4 Å². The highest BCUT2D eigenvalue weighted by atomic mass is 16.1. The molecule has 0 unspecified atom stereocenters. The fourth-order valence-corrected chi connectivity index (χ4v) is 2.07. The van der Waals surface area contributed by atoms with Crippen molar-refractivity contribution < 1.29 is 0 Å². The van der Waals surface area contributed by atoms with Crippen LogP contribution in [0.15, 0.2) is 59.8 Å². The minimum atomic E-state index is 0.0359. The molecule has 0 saturated heterocycles. The van der Waals surface area contributed by atoms with Gasteiger partial charge in [-0.2, -0.15) is 0 Å². The van der Waals surface area contributed by atoms with E-state index in [2.05, 4.69) is 4.98 Å². The zero-order chi connectivity index (χ0) is 12.5.